The van der Waals surface area contributed by atoms with Crippen LogP contribution in [0.1, 0.15) is 46.3 Å². The minimum absolute atomic E-state index is 0.0584. The maximum atomic E-state index is 12.9. The topological polar surface area (TPSA) is 92.8 Å². The van der Waals surface area contributed by atoms with Crippen LogP contribution in [0, 0.1) is 13.8 Å². The number of esters is 1. The van der Waals surface area contributed by atoms with Gasteiger partial charge in [-0.3, -0.25) is 4.79 Å². The molecule has 1 atom stereocenters. The predicted molar refractivity (Wildman–Crippen MR) is 121 cm³/mol. The third-order valence-corrected chi connectivity index (χ3v) is 8.25. The van der Waals surface area contributed by atoms with Gasteiger partial charge in [0.2, 0.25) is 10.0 Å². The van der Waals surface area contributed by atoms with E-state index in [1.807, 2.05) is 13.8 Å². The van der Waals surface area contributed by atoms with Crippen molar-refractivity contribution in [2.75, 3.05) is 18.4 Å². The number of anilines is 1. The number of benzene rings is 1. The van der Waals surface area contributed by atoms with Gasteiger partial charge in [0.1, 0.15) is 0 Å². The zero-order chi connectivity index (χ0) is 22.8. The predicted octanol–water partition coefficient (Wildman–Crippen LogP) is 4.38. The van der Waals surface area contributed by atoms with Gasteiger partial charge in [-0.15, -0.1) is 11.3 Å². The van der Waals surface area contributed by atoms with Gasteiger partial charge in [-0.2, -0.15) is 4.31 Å². The van der Waals surface area contributed by atoms with E-state index in [0.29, 0.717) is 18.7 Å². The molecule has 1 saturated heterocycles. The molecule has 1 aliphatic rings. The van der Waals surface area contributed by atoms with Gasteiger partial charge in [-0.25, -0.2) is 13.2 Å². The lowest BCUT2D eigenvalue weighted by molar-refractivity contribution is -0.123. The van der Waals surface area contributed by atoms with Gasteiger partial charge in [0.25, 0.3) is 5.91 Å². The molecule has 0 saturated carbocycles. The summed E-state index contributed by atoms with van der Waals surface area (Å²) in [6.45, 7) is 6.09. The van der Waals surface area contributed by atoms with Crippen molar-refractivity contribution in [2.45, 2.75) is 51.0 Å². The molecule has 1 unspecified atom stereocenters. The number of nitrogens with one attached hydrogen (secondary N) is 1. The lowest BCUT2D eigenvalue weighted by Crippen LogP contribution is -2.35. The highest BCUT2D eigenvalue weighted by Crippen LogP contribution is 2.29. The standard InChI is InChI=1S/C21H25ClN2O5S2/c1-13-11-17(15(3)30-13)21(26)29-14(2)20(25)23-19-12-16(7-8-18(19)22)31(27,28)24-9-5-4-6-10-24/h7-8,11-12,14H,4-6,9-10H2,1-3H3,(H,23,25). The number of hydrogen-bond donors (Lipinski definition) is 1. The first-order valence-electron chi connectivity index (χ1n) is 9.98. The second-order valence-corrected chi connectivity index (χ2v) is 11.3. The maximum absolute atomic E-state index is 12.9. The van der Waals surface area contributed by atoms with Crippen LogP contribution >= 0.6 is 22.9 Å². The van der Waals surface area contributed by atoms with Gasteiger partial charge < -0.3 is 10.1 Å². The number of nitrogens with zero attached hydrogens (tertiary/aromatic N) is 1. The van der Waals surface area contributed by atoms with Crippen molar-refractivity contribution in [3.8, 4) is 0 Å². The van der Waals surface area contributed by atoms with E-state index in [4.69, 9.17) is 16.3 Å². The molecular weight excluding hydrogens is 460 g/mol. The third kappa shape index (κ3) is 5.46. The summed E-state index contributed by atoms with van der Waals surface area (Å²) in [7, 11) is -3.68. The molecule has 0 spiro atoms. The second kappa shape index (κ2) is 9.68. The first-order chi connectivity index (χ1) is 14.6. The van der Waals surface area contributed by atoms with Crippen LogP contribution < -0.4 is 5.32 Å². The zero-order valence-corrected chi connectivity index (χ0v) is 20.0. The summed E-state index contributed by atoms with van der Waals surface area (Å²) in [5.41, 5.74) is 0.574. The smallest absolute Gasteiger partial charge is 0.340 e. The fraction of sp³-hybridized carbons (Fsp3) is 0.429. The molecular formula is C21H25ClN2O5S2. The first kappa shape index (κ1) is 23.7. The second-order valence-electron chi connectivity index (χ2n) is 7.47. The molecule has 1 aromatic heterocycles. The molecule has 1 aliphatic heterocycles. The number of halogens is 1. The molecule has 1 fully saturated rings. The maximum Gasteiger partial charge on any atom is 0.340 e. The van der Waals surface area contributed by atoms with E-state index in [-0.39, 0.29) is 15.6 Å². The summed E-state index contributed by atoms with van der Waals surface area (Å²) < 4.78 is 32.5. The number of thiophene rings is 1. The normalized spacial score (nSPS) is 16.0. The molecule has 0 bridgehead atoms. The van der Waals surface area contributed by atoms with E-state index in [0.717, 1.165) is 29.0 Å². The molecule has 1 aromatic carbocycles. The number of carbonyl (C=O) groups is 2. The average molecular weight is 485 g/mol. The van der Waals surface area contributed by atoms with Gasteiger partial charge in [-0.1, -0.05) is 18.0 Å². The highest BCUT2D eigenvalue weighted by molar-refractivity contribution is 7.89. The lowest BCUT2D eigenvalue weighted by atomic mass is 10.2. The van der Waals surface area contributed by atoms with Gasteiger partial charge in [0.05, 0.1) is 21.2 Å². The minimum Gasteiger partial charge on any atom is -0.449 e. The Kier molecular flexibility index (Phi) is 7.41. The Morgan fingerprint density at radius 3 is 2.45 bits per heavy atom. The van der Waals surface area contributed by atoms with Crippen LogP contribution in [0.15, 0.2) is 29.2 Å². The Hall–Kier alpha value is -1.94. The fourth-order valence-electron chi connectivity index (χ4n) is 3.36. The van der Waals surface area contributed by atoms with E-state index in [2.05, 4.69) is 5.32 Å². The number of ether oxygens (including phenoxy) is 1. The van der Waals surface area contributed by atoms with Crippen molar-refractivity contribution in [1.82, 2.24) is 4.31 Å². The van der Waals surface area contributed by atoms with Crippen molar-refractivity contribution < 1.29 is 22.7 Å². The molecule has 2 aromatic rings. The van der Waals surface area contributed by atoms with Gasteiger partial charge in [-0.05, 0) is 57.9 Å². The Bertz CT molecular complexity index is 1090. The van der Waals surface area contributed by atoms with Crippen LogP contribution in [-0.4, -0.2) is 43.8 Å². The van der Waals surface area contributed by atoms with E-state index in [9.17, 15) is 18.0 Å². The zero-order valence-electron chi connectivity index (χ0n) is 17.6. The molecule has 2 heterocycles. The van der Waals surface area contributed by atoms with Crippen molar-refractivity contribution >= 4 is 50.5 Å². The Labute approximate surface area is 191 Å². The Morgan fingerprint density at radius 1 is 1.16 bits per heavy atom. The van der Waals surface area contributed by atoms with Gasteiger partial charge in [0.15, 0.2) is 6.10 Å². The lowest BCUT2D eigenvalue weighted by Gasteiger charge is -2.26. The number of rotatable bonds is 6. The molecule has 1 amide bonds. The number of carbonyl (C=O) groups excluding carboxylic acids is 2. The van der Waals surface area contributed by atoms with Crippen LogP contribution in [0.5, 0.6) is 0 Å². The van der Waals surface area contributed by atoms with Crippen molar-refractivity contribution in [3.05, 3.63) is 44.6 Å². The highest BCUT2D eigenvalue weighted by Gasteiger charge is 2.27. The van der Waals surface area contributed by atoms with Crippen LogP contribution in [0.4, 0.5) is 5.69 Å². The van der Waals surface area contributed by atoms with E-state index < -0.39 is 28.0 Å². The quantitative estimate of drug-likeness (QED) is 0.614. The third-order valence-electron chi connectivity index (χ3n) is 5.06. The van der Waals surface area contributed by atoms with Crippen LogP contribution in [-0.2, 0) is 19.6 Å². The number of hydrogen-bond acceptors (Lipinski definition) is 6. The highest BCUT2D eigenvalue weighted by atomic mass is 35.5. The van der Waals surface area contributed by atoms with E-state index in [1.54, 1.807) is 6.07 Å². The fourth-order valence-corrected chi connectivity index (χ4v) is 5.98. The largest absolute Gasteiger partial charge is 0.449 e. The number of piperidine rings is 1. The van der Waals surface area contributed by atoms with Crippen LogP contribution in [0.25, 0.3) is 0 Å². The molecule has 10 heteroatoms. The van der Waals surface area contributed by atoms with Crippen molar-refractivity contribution in [3.63, 3.8) is 0 Å². The minimum atomic E-state index is -3.68. The van der Waals surface area contributed by atoms with Crippen LogP contribution in [0.3, 0.4) is 0 Å². The van der Waals surface area contributed by atoms with E-state index in [1.165, 1.54) is 40.8 Å². The first-order valence-corrected chi connectivity index (χ1v) is 12.6. The summed E-state index contributed by atoms with van der Waals surface area (Å²) in [6.07, 6.45) is 1.56. The average Bonchev–Trinajstić information content (AvgIpc) is 3.08. The monoisotopic (exact) mass is 484 g/mol. The SMILES string of the molecule is Cc1cc(C(=O)OC(C)C(=O)Nc2cc(S(=O)(=O)N3CCCCC3)ccc2Cl)c(C)s1. The summed E-state index contributed by atoms with van der Waals surface area (Å²) in [4.78, 5) is 26.8. The summed E-state index contributed by atoms with van der Waals surface area (Å²) in [6, 6.07) is 5.92. The number of amides is 1. The molecule has 3 rings (SSSR count). The van der Waals surface area contributed by atoms with E-state index >= 15 is 0 Å². The molecule has 0 aliphatic carbocycles. The molecule has 168 valence electrons. The molecule has 1 N–H and O–H groups in total. The number of aryl methyl sites for hydroxylation is 2. The van der Waals surface area contributed by atoms with Crippen molar-refractivity contribution in [1.29, 1.82) is 0 Å². The summed E-state index contributed by atoms with van der Waals surface area (Å²) in [5, 5.41) is 2.76. The summed E-state index contributed by atoms with van der Waals surface area (Å²) in [5.74, 6) is -1.19. The van der Waals surface area contributed by atoms with Crippen LogP contribution in [0.2, 0.25) is 5.02 Å². The Morgan fingerprint density at radius 2 is 1.84 bits per heavy atom. The van der Waals surface area contributed by atoms with Crippen molar-refractivity contribution in [2.24, 2.45) is 0 Å². The summed E-state index contributed by atoms with van der Waals surface area (Å²) >= 11 is 7.65. The molecule has 7 nitrogen and oxygen atoms in total. The Balaban J connectivity index is 1.72. The van der Waals surface area contributed by atoms with Gasteiger partial charge in [0, 0.05) is 22.8 Å². The van der Waals surface area contributed by atoms with Gasteiger partial charge >= 0.3 is 5.97 Å². The number of sulfonamides is 1. The molecule has 0 radical (unpaired) electrons. The molecule has 31 heavy (non-hydrogen) atoms.